The topological polar surface area (TPSA) is 106 Å². The van der Waals surface area contributed by atoms with Crippen LogP contribution in [0.5, 0.6) is 0 Å². The highest BCUT2D eigenvalue weighted by molar-refractivity contribution is 9.10. The third kappa shape index (κ3) is 23.3. The maximum atomic E-state index is 4.19. The molecule has 0 bridgehead atoms. The number of pyridine rings is 4. The summed E-state index contributed by atoms with van der Waals surface area (Å²) < 4.78 is 1.05. The molecule has 6 aromatic heterocycles. The van der Waals surface area contributed by atoms with Gasteiger partial charge < -0.3 is 4.90 Å². The molecule has 0 aliphatic rings. The summed E-state index contributed by atoms with van der Waals surface area (Å²) in [7, 11) is 4.06. The molecule has 0 amide bonds. The summed E-state index contributed by atoms with van der Waals surface area (Å²) in [6, 6.07) is 16.3. The number of aromatic nitrogens is 8. The molecule has 0 aliphatic carbocycles. The molecule has 0 spiro atoms. The fraction of sp³-hybridized carbons (Fsp3) is 0.429. The lowest BCUT2D eigenvalue weighted by Gasteiger charge is -2.13. The highest BCUT2D eigenvalue weighted by Gasteiger charge is 2.02. The van der Waals surface area contributed by atoms with Gasteiger partial charge in [-0.2, -0.15) is 10.2 Å². The summed E-state index contributed by atoms with van der Waals surface area (Å²) in [6.45, 7) is 27.8. The summed E-state index contributed by atoms with van der Waals surface area (Å²) in [5, 5.41) is 7.68. The highest BCUT2D eigenvalue weighted by Crippen LogP contribution is 2.19. The van der Waals surface area contributed by atoms with E-state index in [-0.39, 0.29) is 0 Å². The average molecular weight is 865 g/mol. The quantitative estimate of drug-likeness (QED) is 0.155. The van der Waals surface area contributed by atoms with E-state index >= 15 is 0 Å². The number of hydrogen-bond donors (Lipinski definition) is 0. The van der Waals surface area contributed by atoms with Crippen LogP contribution in [0.3, 0.4) is 0 Å². The van der Waals surface area contributed by atoms with Gasteiger partial charge >= 0.3 is 0 Å². The Morgan fingerprint density at radius 1 is 0.458 bits per heavy atom. The maximum absolute atomic E-state index is 4.19. The molecule has 0 aliphatic heterocycles. The zero-order chi connectivity index (χ0) is 44.3. The SMILES string of the molecule is CC(C)c1ccccn1.CC(C)c1cccnn1.CC(C)c1cncc(Br)c1.CC(C)c1cncc(N(C)C)c1.CC(C)c1cnccn1.Cc1cncc(C(C)C)c1. The van der Waals surface area contributed by atoms with Gasteiger partial charge in [0.25, 0.3) is 0 Å². The number of rotatable bonds is 7. The van der Waals surface area contributed by atoms with Crippen molar-refractivity contribution in [3.63, 3.8) is 0 Å². The van der Waals surface area contributed by atoms with Gasteiger partial charge in [0.2, 0.25) is 0 Å². The summed E-state index contributed by atoms with van der Waals surface area (Å²) in [6.07, 6.45) is 20.0. The monoisotopic (exact) mass is 863 g/mol. The Labute approximate surface area is 365 Å². The second kappa shape index (κ2) is 29.3. The lowest BCUT2D eigenvalue weighted by atomic mass is 10.0. The minimum Gasteiger partial charge on any atom is -0.376 e. The third-order valence-corrected chi connectivity index (χ3v) is 8.96. The first-order valence-corrected chi connectivity index (χ1v) is 21.3. The van der Waals surface area contributed by atoms with Crippen molar-refractivity contribution in [2.24, 2.45) is 0 Å². The molecular formula is C49H70BrN9. The molecule has 0 saturated heterocycles. The lowest BCUT2D eigenvalue weighted by molar-refractivity contribution is 0.785. The van der Waals surface area contributed by atoms with E-state index in [2.05, 4.69) is 169 Å². The van der Waals surface area contributed by atoms with Gasteiger partial charge in [0.15, 0.2) is 0 Å². The Bertz CT molecular complexity index is 1760. The molecule has 9 nitrogen and oxygen atoms in total. The van der Waals surface area contributed by atoms with E-state index in [0.717, 1.165) is 21.6 Å². The molecular weight excluding hydrogens is 795 g/mol. The third-order valence-electron chi connectivity index (χ3n) is 8.52. The van der Waals surface area contributed by atoms with Crippen molar-refractivity contribution in [2.75, 3.05) is 19.0 Å². The first-order chi connectivity index (χ1) is 27.9. The van der Waals surface area contributed by atoms with Gasteiger partial charge in [0, 0.05) is 86.2 Å². The first-order valence-electron chi connectivity index (χ1n) is 20.5. The molecule has 0 unspecified atom stereocenters. The molecule has 0 N–H and O–H groups in total. The number of nitrogens with zero attached hydrogens (tertiary/aromatic N) is 9. The first kappa shape index (κ1) is 52.1. The van der Waals surface area contributed by atoms with Crippen LogP contribution in [0.2, 0.25) is 0 Å². The molecule has 6 heterocycles. The highest BCUT2D eigenvalue weighted by atomic mass is 79.9. The van der Waals surface area contributed by atoms with Gasteiger partial charge in [-0.1, -0.05) is 95.2 Å². The van der Waals surface area contributed by atoms with E-state index in [4.69, 9.17) is 0 Å². The molecule has 6 rings (SSSR count). The molecule has 0 aromatic carbocycles. The number of aryl methyl sites for hydroxylation is 1. The van der Waals surface area contributed by atoms with Gasteiger partial charge in [0.1, 0.15) is 0 Å². The van der Waals surface area contributed by atoms with Crippen LogP contribution in [0, 0.1) is 6.92 Å². The standard InChI is InChI=1S/C10H16N2.C9H13N.C8H10BrN.C8H11N.2C7H10N2/c1-8(2)9-5-10(12(3)4)7-11-6-9;1-7(2)9-4-8(3)5-10-6-9;1-6(2)7-3-8(9)5-10-4-7;1-7(2)8-5-3-4-6-9-8;1-6(2)7-5-8-3-4-9-7;1-6(2)7-4-3-5-8-9-7/h5-8H,1-4H3;4-7H,1-3H3;3-6H,1-2H3;3-7H,1-2H3;2*3-6H,1-2H3. The van der Waals surface area contributed by atoms with Crippen molar-refractivity contribution in [2.45, 2.75) is 126 Å². The molecule has 0 fully saturated rings. The van der Waals surface area contributed by atoms with E-state index in [1.54, 1.807) is 31.0 Å². The van der Waals surface area contributed by atoms with Gasteiger partial charge in [-0.25, -0.2) is 0 Å². The van der Waals surface area contributed by atoms with Crippen molar-refractivity contribution in [1.29, 1.82) is 0 Å². The van der Waals surface area contributed by atoms with Gasteiger partial charge in [0.05, 0.1) is 23.3 Å². The van der Waals surface area contributed by atoms with Crippen LogP contribution < -0.4 is 4.90 Å². The van der Waals surface area contributed by atoms with Crippen LogP contribution in [-0.4, -0.2) is 54.2 Å². The van der Waals surface area contributed by atoms with Gasteiger partial charge in [-0.3, -0.25) is 29.9 Å². The molecule has 6 aromatic rings. The Balaban J connectivity index is 0.000000355. The Morgan fingerprint density at radius 3 is 1.34 bits per heavy atom. The Kier molecular flexibility index (Phi) is 25.8. The summed E-state index contributed by atoms with van der Waals surface area (Å²) >= 11 is 3.37. The predicted molar refractivity (Wildman–Crippen MR) is 252 cm³/mol. The predicted octanol–water partition coefficient (Wildman–Crippen LogP) is 13.2. The fourth-order valence-corrected chi connectivity index (χ4v) is 4.97. The number of hydrogen-bond acceptors (Lipinski definition) is 9. The van der Waals surface area contributed by atoms with Crippen molar-refractivity contribution in [3.05, 3.63) is 161 Å². The van der Waals surface area contributed by atoms with Crippen molar-refractivity contribution >= 4 is 21.6 Å². The van der Waals surface area contributed by atoms with E-state index in [0.29, 0.717) is 35.5 Å². The van der Waals surface area contributed by atoms with E-state index in [9.17, 15) is 0 Å². The van der Waals surface area contributed by atoms with E-state index < -0.39 is 0 Å². The van der Waals surface area contributed by atoms with Crippen LogP contribution in [0.4, 0.5) is 5.69 Å². The van der Waals surface area contributed by atoms with Crippen molar-refractivity contribution in [3.8, 4) is 0 Å². The molecule has 0 saturated carbocycles. The molecule has 10 heteroatoms. The smallest absolute Gasteiger partial charge is 0.0656 e. The maximum Gasteiger partial charge on any atom is 0.0656 e. The summed E-state index contributed by atoms with van der Waals surface area (Å²) in [4.78, 5) is 26.7. The second-order valence-corrected chi connectivity index (χ2v) is 17.0. The van der Waals surface area contributed by atoms with Crippen LogP contribution in [0.15, 0.2) is 121 Å². The van der Waals surface area contributed by atoms with Gasteiger partial charge in [-0.05, 0) is 117 Å². The van der Waals surface area contributed by atoms with Crippen molar-refractivity contribution in [1.82, 2.24) is 40.1 Å². The van der Waals surface area contributed by atoms with Crippen LogP contribution in [0.25, 0.3) is 0 Å². The molecule has 0 radical (unpaired) electrons. The van der Waals surface area contributed by atoms with Crippen LogP contribution in [-0.2, 0) is 0 Å². The van der Waals surface area contributed by atoms with Crippen LogP contribution in [0.1, 0.15) is 158 Å². The van der Waals surface area contributed by atoms with Crippen LogP contribution >= 0.6 is 15.9 Å². The molecule has 0 atom stereocenters. The summed E-state index contributed by atoms with van der Waals surface area (Å²) in [5.41, 5.74) is 9.57. The minimum atomic E-state index is 0.485. The summed E-state index contributed by atoms with van der Waals surface area (Å²) in [5.74, 6) is 3.22. The van der Waals surface area contributed by atoms with E-state index in [1.165, 1.54) is 27.9 Å². The lowest BCUT2D eigenvalue weighted by Crippen LogP contribution is -2.09. The van der Waals surface area contributed by atoms with Gasteiger partial charge in [-0.15, -0.1) is 0 Å². The normalized spacial score (nSPS) is 10.3. The number of halogens is 1. The van der Waals surface area contributed by atoms with Crippen molar-refractivity contribution < 1.29 is 0 Å². The zero-order valence-electron chi connectivity index (χ0n) is 38.3. The second-order valence-electron chi connectivity index (χ2n) is 16.1. The molecule has 318 valence electrons. The Morgan fingerprint density at radius 2 is 0.983 bits per heavy atom. The molecule has 59 heavy (non-hydrogen) atoms. The zero-order valence-corrected chi connectivity index (χ0v) is 39.9. The fourth-order valence-electron chi connectivity index (χ4n) is 4.59. The Hall–Kier alpha value is -4.96. The largest absolute Gasteiger partial charge is 0.376 e. The average Bonchev–Trinajstić information content (AvgIpc) is 3.23. The van der Waals surface area contributed by atoms with E-state index in [1.807, 2.05) is 81.6 Å². The minimum absolute atomic E-state index is 0.485. The number of anilines is 1.